The molecule has 7 nitrogen and oxygen atoms in total. The van der Waals surface area contributed by atoms with Gasteiger partial charge in [-0.3, -0.25) is 9.97 Å². The second-order valence-electron chi connectivity index (χ2n) is 9.40. The second kappa shape index (κ2) is 10.3. The summed E-state index contributed by atoms with van der Waals surface area (Å²) in [6, 6.07) is 12.4. The third-order valence-corrected chi connectivity index (χ3v) is 7.03. The van der Waals surface area contributed by atoms with Gasteiger partial charge in [0.25, 0.3) is 6.43 Å². The van der Waals surface area contributed by atoms with Crippen LogP contribution in [0.25, 0.3) is 10.9 Å². The molecular formula is C28H25F3N6O. The smallest absolute Gasteiger partial charge is 0.266 e. The van der Waals surface area contributed by atoms with E-state index in [1.54, 1.807) is 43.6 Å². The topological polar surface area (TPSA) is 98.0 Å². The quantitative estimate of drug-likeness (QED) is 0.341. The van der Waals surface area contributed by atoms with Crippen LogP contribution in [0.4, 0.5) is 24.7 Å². The molecule has 0 bridgehead atoms. The average Bonchev–Trinajstić information content (AvgIpc) is 2.93. The molecule has 4 heterocycles. The van der Waals surface area contributed by atoms with E-state index in [-0.39, 0.29) is 5.56 Å². The lowest BCUT2D eigenvalue weighted by molar-refractivity contribution is 0.00765. The van der Waals surface area contributed by atoms with Crippen LogP contribution in [-0.4, -0.2) is 33.1 Å². The van der Waals surface area contributed by atoms with Crippen molar-refractivity contribution in [2.75, 3.05) is 23.3 Å². The van der Waals surface area contributed by atoms with E-state index in [9.17, 15) is 18.3 Å². The highest BCUT2D eigenvalue weighted by molar-refractivity contribution is 5.91. The van der Waals surface area contributed by atoms with Crippen molar-refractivity contribution >= 4 is 22.4 Å². The molecule has 1 saturated heterocycles. The van der Waals surface area contributed by atoms with Crippen LogP contribution in [0, 0.1) is 17.1 Å². The van der Waals surface area contributed by atoms with Crippen molar-refractivity contribution in [3.05, 3.63) is 89.3 Å². The summed E-state index contributed by atoms with van der Waals surface area (Å²) in [6.07, 6.45) is 2.63. The largest absolute Gasteiger partial charge is 0.383 e. The lowest BCUT2D eigenvalue weighted by Crippen LogP contribution is -2.43. The van der Waals surface area contributed by atoms with Crippen molar-refractivity contribution in [3.63, 3.8) is 0 Å². The fourth-order valence-corrected chi connectivity index (χ4v) is 4.81. The molecule has 0 aliphatic carbocycles. The van der Waals surface area contributed by atoms with Gasteiger partial charge in [0.15, 0.2) is 0 Å². The molecule has 1 fully saturated rings. The number of nitrogens with zero attached hydrogens (tertiary/aromatic N) is 5. The van der Waals surface area contributed by atoms with Crippen LogP contribution in [0.2, 0.25) is 0 Å². The average molecular weight is 519 g/mol. The fraction of sp³-hybridized carbons (Fsp3) is 0.286. The number of aliphatic hydroxyl groups is 1. The van der Waals surface area contributed by atoms with E-state index < -0.39 is 29.4 Å². The third-order valence-electron chi connectivity index (χ3n) is 7.03. The number of alkyl halides is 2. The first kappa shape index (κ1) is 25.4. The Kier molecular flexibility index (Phi) is 6.87. The molecule has 4 aromatic rings. The maximum atomic E-state index is 14.7. The number of benzene rings is 1. The number of anilines is 2. The zero-order chi connectivity index (χ0) is 26.9. The number of nitriles is 1. The van der Waals surface area contributed by atoms with Gasteiger partial charge in [0.1, 0.15) is 23.3 Å². The zero-order valence-electron chi connectivity index (χ0n) is 20.6. The van der Waals surface area contributed by atoms with E-state index in [0.717, 1.165) is 11.9 Å². The molecule has 1 atom stereocenters. The number of halogens is 3. The number of fused-ring (bicyclic) bond motifs is 1. The van der Waals surface area contributed by atoms with Crippen molar-refractivity contribution < 1.29 is 18.3 Å². The molecule has 1 aromatic carbocycles. The summed E-state index contributed by atoms with van der Waals surface area (Å²) in [6.45, 7) is 2.79. The molecule has 0 unspecified atom stereocenters. The van der Waals surface area contributed by atoms with E-state index in [2.05, 4.69) is 31.2 Å². The summed E-state index contributed by atoms with van der Waals surface area (Å²) in [5.74, 6) is -0.189. The van der Waals surface area contributed by atoms with Crippen LogP contribution in [0.3, 0.4) is 0 Å². The van der Waals surface area contributed by atoms with Gasteiger partial charge < -0.3 is 15.3 Å². The third kappa shape index (κ3) is 4.85. The van der Waals surface area contributed by atoms with Crippen LogP contribution >= 0.6 is 0 Å². The molecular weight excluding hydrogens is 493 g/mol. The number of nitrogens with one attached hydrogen (secondary N) is 1. The van der Waals surface area contributed by atoms with Crippen molar-refractivity contribution in [3.8, 4) is 6.07 Å². The Morgan fingerprint density at radius 2 is 1.82 bits per heavy atom. The molecule has 1 aliphatic heterocycles. The predicted octanol–water partition coefficient (Wildman–Crippen LogP) is 5.63. The first-order valence-corrected chi connectivity index (χ1v) is 12.2. The summed E-state index contributed by atoms with van der Waals surface area (Å²) < 4.78 is 41.1. The highest BCUT2D eigenvalue weighted by atomic mass is 19.3. The molecule has 38 heavy (non-hydrogen) atoms. The van der Waals surface area contributed by atoms with Crippen LogP contribution in [0.1, 0.15) is 54.6 Å². The minimum atomic E-state index is -2.91. The monoisotopic (exact) mass is 518 g/mol. The summed E-state index contributed by atoms with van der Waals surface area (Å²) in [5, 5.41) is 24.4. The van der Waals surface area contributed by atoms with Gasteiger partial charge in [0.2, 0.25) is 0 Å². The Balaban J connectivity index is 1.38. The van der Waals surface area contributed by atoms with E-state index in [1.807, 2.05) is 0 Å². The first-order valence-electron chi connectivity index (χ1n) is 12.2. The first-order chi connectivity index (χ1) is 18.3. The van der Waals surface area contributed by atoms with Gasteiger partial charge in [-0.2, -0.15) is 5.26 Å². The molecule has 5 rings (SSSR count). The van der Waals surface area contributed by atoms with E-state index in [0.29, 0.717) is 53.8 Å². The number of piperidine rings is 1. The highest BCUT2D eigenvalue weighted by Gasteiger charge is 2.36. The summed E-state index contributed by atoms with van der Waals surface area (Å²) >= 11 is 0. The number of hydrogen-bond acceptors (Lipinski definition) is 7. The molecule has 194 valence electrons. The molecule has 0 spiro atoms. The summed E-state index contributed by atoms with van der Waals surface area (Å²) in [5.41, 5.74) is 0.502. The van der Waals surface area contributed by atoms with Gasteiger partial charge in [0, 0.05) is 42.1 Å². The maximum Gasteiger partial charge on any atom is 0.266 e. The van der Waals surface area contributed by atoms with Crippen molar-refractivity contribution in [1.82, 2.24) is 15.0 Å². The predicted molar refractivity (Wildman–Crippen MR) is 137 cm³/mol. The number of rotatable bonds is 6. The van der Waals surface area contributed by atoms with Gasteiger partial charge in [0.05, 0.1) is 34.6 Å². The lowest BCUT2D eigenvalue weighted by atomic mass is 9.87. The molecule has 3 aromatic heterocycles. The Hall–Kier alpha value is -4.23. The molecule has 10 heteroatoms. The minimum Gasteiger partial charge on any atom is -0.383 e. The Bertz CT molecular complexity index is 1500. The zero-order valence-corrected chi connectivity index (χ0v) is 20.6. The number of pyridine rings is 3. The molecule has 0 amide bonds. The Labute approximate surface area is 217 Å². The van der Waals surface area contributed by atoms with E-state index >= 15 is 0 Å². The van der Waals surface area contributed by atoms with Crippen LogP contribution in [0.15, 0.2) is 61.1 Å². The highest BCUT2D eigenvalue weighted by Crippen LogP contribution is 2.36. The Morgan fingerprint density at radius 3 is 2.50 bits per heavy atom. The van der Waals surface area contributed by atoms with Crippen molar-refractivity contribution in [1.29, 1.82) is 5.26 Å². The van der Waals surface area contributed by atoms with Crippen LogP contribution in [-0.2, 0) is 5.60 Å². The van der Waals surface area contributed by atoms with Crippen LogP contribution < -0.4 is 10.2 Å². The fourth-order valence-electron chi connectivity index (χ4n) is 4.81. The van der Waals surface area contributed by atoms with Gasteiger partial charge in [-0.25, -0.2) is 18.2 Å². The SMILES string of the molecule is C[C@@H](Nc1ccnc2cnc(C3(O)CCN(c4ccc(C#N)cn4)CC3)cc12)c1cccc(C(F)F)c1F. The van der Waals surface area contributed by atoms with E-state index in [4.69, 9.17) is 5.26 Å². The van der Waals surface area contributed by atoms with Gasteiger partial charge in [-0.15, -0.1) is 0 Å². The molecule has 0 radical (unpaired) electrons. The molecule has 2 N–H and O–H groups in total. The number of hydrogen-bond donors (Lipinski definition) is 2. The van der Waals surface area contributed by atoms with E-state index in [1.165, 1.54) is 18.3 Å². The van der Waals surface area contributed by atoms with Gasteiger partial charge in [-0.1, -0.05) is 18.2 Å². The van der Waals surface area contributed by atoms with Crippen LogP contribution in [0.5, 0.6) is 0 Å². The van der Waals surface area contributed by atoms with Crippen molar-refractivity contribution in [2.24, 2.45) is 0 Å². The molecule has 0 saturated carbocycles. The second-order valence-corrected chi connectivity index (χ2v) is 9.40. The van der Waals surface area contributed by atoms with Gasteiger partial charge >= 0.3 is 0 Å². The summed E-state index contributed by atoms with van der Waals surface area (Å²) in [4.78, 5) is 15.2. The lowest BCUT2D eigenvalue weighted by Gasteiger charge is -2.38. The molecule has 1 aliphatic rings. The number of aromatic nitrogens is 3. The van der Waals surface area contributed by atoms with Crippen molar-refractivity contribution in [2.45, 2.75) is 37.8 Å². The minimum absolute atomic E-state index is 0.129. The van der Waals surface area contributed by atoms with Gasteiger partial charge in [-0.05, 0) is 44.0 Å². The standard InChI is InChI=1S/C28H25F3N6O/c1-17(19-3-2-4-20(26(19)29)27(30)31)36-22-7-10-33-23-16-34-24(13-21(22)23)28(38)8-11-37(12-9-28)25-6-5-18(14-32)15-35-25/h2-7,10,13,15-17,27,38H,8-9,11-12H2,1H3,(H,33,36)/t17-/m1/s1. The normalized spacial score (nSPS) is 15.9. The Morgan fingerprint density at radius 1 is 1.05 bits per heavy atom. The summed E-state index contributed by atoms with van der Waals surface area (Å²) in [7, 11) is 0. The maximum absolute atomic E-state index is 14.7.